The Morgan fingerprint density at radius 3 is 1.64 bits per heavy atom. The number of guanidine groups is 3. The average Bonchev–Trinajstić information content (AvgIpc) is 1.51. The number of carboxylic acid groups (broad SMARTS) is 1. The summed E-state index contributed by atoms with van der Waals surface area (Å²) >= 11 is 0. The summed E-state index contributed by atoms with van der Waals surface area (Å²) < 4.78 is 10.7. The maximum atomic E-state index is 14.9. The molecule has 0 aliphatic carbocycles. The molecule has 11 amide bonds. The highest BCUT2D eigenvalue weighted by Gasteiger charge is 2.44. The molecule has 3 aromatic rings. The summed E-state index contributed by atoms with van der Waals surface area (Å²) in [5, 5.41) is 83.8. The van der Waals surface area contributed by atoms with Crippen molar-refractivity contribution in [1.82, 2.24) is 67.5 Å². The molecule has 115 heavy (non-hydrogen) atoms. The first-order valence-corrected chi connectivity index (χ1v) is 37.9. The minimum Gasteiger partial charge on any atom is -0.497 e. The van der Waals surface area contributed by atoms with Crippen LogP contribution in [0.3, 0.4) is 0 Å². The van der Waals surface area contributed by atoms with Crippen molar-refractivity contribution in [2.75, 3.05) is 71.3 Å². The number of hydrogen-bond donors (Lipinski definition) is 18. The van der Waals surface area contributed by atoms with E-state index in [0.717, 1.165) is 12.1 Å². The lowest BCUT2D eigenvalue weighted by atomic mass is 9.88. The molecule has 2 aromatic carbocycles. The molecule has 4 saturated heterocycles. The first-order chi connectivity index (χ1) is 54.3. The van der Waals surface area contributed by atoms with E-state index in [1.54, 1.807) is 49.6 Å². The maximum absolute atomic E-state index is 14.9. The number of nitrogens with zero attached hydrogens (tertiary/aromatic N) is 6. The first-order valence-electron chi connectivity index (χ1n) is 37.9. The SMILES string of the molecule is COc1ccc2c(CC(=O)N[C@H](C(=O)N3CCCC3C(=O)N[C@@H](CC(C)C)C(=O)NCC(=O)N[C@@H](CC(C)C)C(=O)N[C@H](CNc3ccc([N+](=O)[O-])cc3[N+](=O)[O-])C(=O)N[C@@H](C)C(=O)N[C@@H](C(=O)N[C@@H](CCC(=O)O)C(=O)N[C@@H](C(N)=O)C3CCN(C(=N)N)CC3)C3CCN(C(=N)N)CC3)C3CCN(C(=N)N)CC3)cc(=O)oc2c1. The summed E-state index contributed by atoms with van der Waals surface area (Å²) in [6.45, 7) is 7.89. The second kappa shape index (κ2) is 41.3. The molecule has 9 atom stereocenters. The van der Waals surface area contributed by atoms with Crippen molar-refractivity contribution in [3.05, 3.63) is 78.7 Å². The van der Waals surface area contributed by atoms with Crippen molar-refractivity contribution >= 4 is 117 Å². The zero-order chi connectivity index (χ0) is 84.8. The van der Waals surface area contributed by atoms with Crippen LogP contribution in [0, 0.1) is 66.0 Å². The van der Waals surface area contributed by atoms with Crippen LogP contribution < -0.4 is 86.5 Å². The molecule has 43 heteroatoms. The summed E-state index contributed by atoms with van der Waals surface area (Å²) in [6.07, 6.45) is 0.208. The molecule has 4 aliphatic heterocycles. The molecule has 4 fully saturated rings. The predicted molar refractivity (Wildman–Crippen MR) is 413 cm³/mol. The molecular formula is C72H105N23O20. The second-order valence-electron chi connectivity index (χ2n) is 29.9. The van der Waals surface area contributed by atoms with Crippen molar-refractivity contribution < 1.29 is 81.6 Å². The maximum Gasteiger partial charge on any atom is 0.336 e. The number of carboxylic acids is 1. The van der Waals surface area contributed by atoms with Crippen LogP contribution >= 0.6 is 0 Å². The van der Waals surface area contributed by atoms with Gasteiger partial charge in [0.2, 0.25) is 65.0 Å². The summed E-state index contributed by atoms with van der Waals surface area (Å²) in [5.74, 6) is -14.1. The molecule has 0 spiro atoms. The fourth-order valence-electron chi connectivity index (χ4n) is 14.5. The number of anilines is 1. The molecule has 7 rings (SSSR count). The first kappa shape index (κ1) is 89.7. The van der Waals surface area contributed by atoms with E-state index in [9.17, 15) is 87.7 Å². The minimum atomic E-state index is -1.85. The van der Waals surface area contributed by atoms with Gasteiger partial charge in [0, 0.05) is 82.4 Å². The Morgan fingerprint density at radius 1 is 0.583 bits per heavy atom. The van der Waals surface area contributed by atoms with E-state index in [2.05, 4.69) is 53.2 Å². The highest BCUT2D eigenvalue weighted by Crippen LogP contribution is 2.31. The predicted octanol–water partition coefficient (Wildman–Crippen LogP) is -2.46. The summed E-state index contributed by atoms with van der Waals surface area (Å²) in [7, 11) is 1.44. The quantitative estimate of drug-likeness (QED) is 0.00936. The van der Waals surface area contributed by atoms with Gasteiger partial charge < -0.3 is 110 Å². The molecule has 1 aromatic heterocycles. The largest absolute Gasteiger partial charge is 0.497 e. The number of nitro benzene ring substituents is 2. The third-order valence-corrected chi connectivity index (χ3v) is 20.7. The number of non-ortho nitro benzene ring substituents is 1. The highest BCUT2D eigenvalue weighted by atomic mass is 16.6. The number of rotatable bonds is 37. The third kappa shape index (κ3) is 25.5. The zero-order valence-electron chi connectivity index (χ0n) is 64.9. The molecule has 628 valence electrons. The van der Waals surface area contributed by atoms with Crippen molar-refractivity contribution in [2.24, 2.45) is 52.5 Å². The van der Waals surface area contributed by atoms with Gasteiger partial charge in [0.05, 0.1) is 36.0 Å². The van der Waals surface area contributed by atoms with Gasteiger partial charge in [-0.15, -0.1) is 0 Å². The van der Waals surface area contributed by atoms with Gasteiger partial charge in [0.15, 0.2) is 17.9 Å². The lowest BCUT2D eigenvalue weighted by molar-refractivity contribution is -0.393. The van der Waals surface area contributed by atoms with Crippen LogP contribution in [0.4, 0.5) is 17.1 Å². The number of piperidine rings is 3. The number of aliphatic carboxylic acids is 1. The van der Waals surface area contributed by atoms with Crippen molar-refractivity contribution in [3.63, 3.8) is 0 Å². The highest BCUT2D eigenvalue weighted by molar-refractivity contribution is 5.99. The minimum absolute atomic E-state index is 0.0211. The standard InChI is InChI=1S/C72H105N23O20/c1-36(2)28-48(85-67(107)51-8-7-21-93(51)69(109)60(41-19-26-92(27-20-41)72(78)79)87-54(96)30-42-31-57(100)115-53-33-44(114-6)10-11-45(42)53)63(103)81-35-55(97)83-49(29-37(3)4)65(105)86-50(34-80-46-12-9-43(94(110)111)32-52(46)95(112)113)66(106)82-38(5)62(102)89-59(40-17-24-91(25-18-40)71(76)77)68(108)84-47(13-14-56(98)99)64(104)88-58(61(73)101)39-15-22-90(23-16-39)70(74)75/h9-12,31-33,36-41,47-51,58-60,80H,7-8,13-30,34-35H2,1-6H3,(H2,73,101)(H3,74,75)(H3,76,77)(H3,78,79)(H,81,103)(H,82,106)(H,83,97)(H,84,108)(H,85,107)(H,86,105)(H,87,96)(H,88,104)(H,89,102)(H,98,99)/t38-,47-,48-,49-,50+,51?,58+,59+,60-/m0/s1. The number of fused-ring (bicyclic) bond motifs is 1. The van der Waals surface area contributed by atoms with Crippen LogP contribution in [0.5, 0.6) is 5.75 Å². The van der Waals surface area contributed by atoms with Crippen LogP contribution in [0.25, 0.3) is 11.0 Å². The van der Waals surface area contributed by atoms with E-state index >= 15 is 0 Å². The lowest BCUT2D eigenvalue weighted by Gasteiger charge is -2.38. The van der Waals surface area contributed by atoms with Gasteiger partial charge in [0.1, 0.15) is 71.4 Å². The van der Waals surface area contributed by atoms with E-state index in [4.69, 9.17) is 48.3 Å². The number of nitrogens with two attached hydrogens (primary N) is 4. The van der Waals surface area contributed by atoms with Crippen LogP contribution in [-0.2, 0) is 64.0 Å². The van der Waals surface area contributed by atoms with Crippen molar-refractivity contribution in [2.45, 2.75) is 172 Å². The summed E-state index contributed by atoms with van der Waals surface area (Å²) in [4.78, 5) is 210. The molecular weight excluding hydrogens is 1510 g/mol. The van der Waals surface area contributed by atoms with E-state index in [-0.39, 0.29) is 138 Å². The number of amides is 11. The number of methoxy groups -OCH3 is 1. The van der Waals surface area contributed by atoms with Gasteiger partial charge in [-0.3, -0.25) is 94.0 Å². The van der Waals surface area contributed by atoms with Crippen LogP contribution in [0.1, 0.15) is 117 Å². The topological polar surface area (TPSA) is 660 Å². The van der Waals surface area contributed by atoms with Gasteiger partial charge in [-0.05, 0) is 131 Å². The monoisotopic (exact) mass is 1610 g/mol. The number of likely N-dealkylation sites (tertiary alicyclic amines) is 4. The van der Waals surface area contributed by atoms with E-state index in [1.165, 1.54) is 36.0 Å². The number of carbonyl (C=O) groups is 12. The summed E-state index contributed by atoms with van der Waals surface area (Å²) in [6, 6.07) is -4.72. The fraction of sp³-hybridized carbons (Fsp3) is 0.583. The number of ether oxygens (including phenoxy) is 1. The normalized spacial score (nSPS) is 17.5. The molecule has 1 unspecified atom stereocenters. The fourth-order valence-corrected chi connectivity index (χ4v) is 14.5. The van der Waals surface area contributed by atoms with E-state index in [0.29, 0.717) is 42.0 Å². The molecule has 0 saturated carbocycles. The Balaban J connectivity index is 1.06. The third-order valence-electron chi connectivity index (χ3n) is 20.7. The molecule has 22 N–H and O–H groups in total. The van der Waals surface area contributed by atoms with E-state index in [1.807, 2.05) is 0 Å². The van der Waals surface area contributed by atoms with Gasteiger partial charge in [-0.1, -0.05) is 27.7 Å². The number of nitro groups is 2. The number of benzene rings is 2. The Morgan fingerprint density at radius 2 is 1.11 bits per heavy atom. The Labute approximate surface area is 660 Å². The molecule has 43 nitrogen and oxygen atoms in total. The van der Waals surface area contributed by atoms with Crippen LogP contribution in [0.2, 0.25) is 0 Å². The molecule has 4 aliphatic rings. The van der Waals surface area contributed by atoms with E-state index < -0.39 is 196 Å². The van der Waals surface area contributed by atoms with Gasteiger partial charge in [0.25, 0.3) is 11.4 Å². The Kier molecular flexibility index (Phi) is 32.2. The van der Waals surface area contributed by atoms with Crippen molar-refractivity contribution in [1.29, 1.82) is 16.2 Å². The summed E-state index contributed by atoms with van der Waals surface area (Å²) in [5.41, 5.74) is 20.9. The van der Waals surface area contributed by atoms with Crippen LogP contribution in [-0.4, -0.2) is 244 Å². The smallest absolute Gasteiger partial charge is 0.336 e. The molecule has 0 radical (unpaired) electrons. The average molecular weight is 1610 g/mol. The van der Waals surface area contributed by atoms with Gasteiger partial charge in [-0.25, -0.2) is 4.79 Å². The number of nitrogens with one attached hydrogen (secondary N) is 13. The Bertz CT molecular complexity index is 4210. The van der Waals surface area contributed by atoms with Gasteiger partial charge >= 0.3 is 11.6 Å². The number of primary amides is 1. The molecule has 0 bridgehead atoms. The second-order valence-corrected chi connectivity index (χ2v) is 29.9. The number of hydrogen-bond acceptors (Lipinski definition) is 23. The van der Waals surface area contributed by atoms with Crippen molar-refractivity contribution in [3.8, 4) is 5.75 Å². The zero-order valence-corrected chi connectivity index (χ0v) is 64.9. The van der Waals surface area contributed by atoms with Crippen LogP contribution in [0.15, 0.2) is 51.7 Å². The number of carbonyl (C=O) groups excluding carboxylic acids is 11. The van der Waals surface area contributed by atoms with Gasteiger partial charge in [-0.2, -0.15) is 0 Å². The molecule has 5 heterocycles. The Hall–Kier alpha value is -12.5. The lowest BCUT2D eigenvalue weighted by Crippen LogP contribution is -2.62.